The van der Waals surface area contributed by atoms with E-state index in [2.05, 4.69) is 34.3 Å². The lowest BCUT2D eigenvalue weighted by molar-refractivity contribution is 0.598. The molecule has 7 nitrogen and oxygen atoms in total. The molecule has 6 rings (SSSR count). The second-order valence-corrected chi connectivity index (χ2v) is 10.1. The maximum Gasteiger partial charge on any atom is 0.238 e. The van der Waals surface area contributed by atoms with Gasteiger partial charge >= 0.3 is 0 Å². The van der Waals surface area contributed by atoms with Crippen LogP contribution in [0.1, 0.15) is 18.4 Å². The van der Waals surface area contributed by atoms with Crippen molar-refractivity contribution >= 4 is 26.4 Å². The fourth-order valence-corrected chi connectivity index (χ4v) is 5.13. The highest BCUT2D eigenvalue weighted by Gasteiger charge is 2.39. The minimum atomic E-state index is -3.85. The molecule has 1 fully saturated rings. The Labute approximate surface area is 190 Å². The van der Waals surface area contributed by atoms with Crippen molar-refractivity contribution in [3.63, 3.8) is 0 Å². The molecule has 0 atom stereocenters. The largest absolute Gasteiger partial charge is 0.321 e. The van der Waals surface area contributed by atoms with Crippen molar-refractivity contribution in [1.29, 1.82) is 0 Å². The molecular weight excluding hydrogens is 434 g/mol. The second-order valence-electron chi connectivity index (χ2n) is 8.60. The molecule has 5 aromatic rings. The van der Waals surface area contributed by atoms with E-state index in [-0.39, 0.29) is 10.4 Å². The third-order valence-corrected chi connectivity index (χ3v) is 7.39. The van der Waals surface area contributed by atoms with Crippen LogP contribution in [0.4, 0.5) is 0 Å². The maximum atomic E-state index is 12.1. The smallest absolute Gasteiger partial charge is 0.238 e. The molecule has 1 aliphatic carbocycles. The quantitative estimate of drug-likeness (QED) is 0.427. The Bertz CT molecular complexity index is 1650. The molecule has 0 spiro atoms. The zero-order chi connectivity index (χ0) is 22.8. The molecule has 8 heteroatoms. The number of sulfonamides is 1. The van der Waals surface area contributed by atoms with Gasteiger partial charge in [0.1, 0.15) is 0 Å². The molecule has 0 unspecified atom stereocenters. The van der Waals surface area contributed by atoms with Gasteiger partial charge in [-0.05, 0) is 41.0 Å². The summed E-state index contributed by atoms with van der Waals surface area (Å²) in [7, 11) is -3.85. The summed E-state index contributed by atoms with van der Waals surface area (Å²) in [5, 5.41) is 11.3. The van der Waals surface area contributed by atoms with Crippen LogP contribution < -0.4 is 10.9 Å². The van der Waals surface area contributed by atoms with Crippen LogP contribution in [-0.4, -0.2) is 23.0 Å². The van der Waals surface area contributed by atoms with Gasteiger partial charge in [-0.2, -0.15) is 5.10 Å². The molecule has 3 aromatic carbocycles. The molecule has 2 aromatic heterocycles. The summed E-state index contributed by atoms with van der Waals surface area (Å²) in [6, 6.07) is 18.9. The van der Waals surface area contributed by atoms with E-state index in [4.69, 9.17) is 10.9 Å². The van der Waals surface area contributed by atoms with Crippen molar-refractivity contribution in [2.24, 2.45) is 10.9 Å². The number of aromatic nitrogens is 3. The van der Waals surface area contributed by atoms with Crippen LogP contribution in [0, 0.1) is 0 Å². The number of rotatable bonds is 4. The Kier molecular flexibility index (Phi) is 4.22. The van der Waals surface area contributed by atoms with Crippen LogP contribution in [0.3, 0.4) is 0 Å². The minimum Gasteiger partial charge on any atom is -0.321 e. The van der Waals surface area contributed by atoms with E-state index >= 15 is 0 Å². The minimum absolute atomic E-state index is 0.0995. The van der Waals surface area contributed by atoms with Gasteiger partial charge in [0.2, 0.25) is 10.0 Å². The number of hydrogen-bond acceptors (Lipinski definition) is 5. The molecule has 1 saturated carbocycles. The fraction of sp³-hybridized carbons (Fsp3) is 0.120. The van der Waals surface area contributed by atoms with Gasteiger partial charge in [0.25, 0.3) is 0 Å². The Morgan fingerprint density at radius 3 is 2.27 bits per heavy atom. The van der Waals surface area contributed by atoms with Crippen molar-refractivity contribution in [1.82, 2.24) is 14.6 Å². The summed E-state index contributed by atoms with van der Waals surface area (Å²) < 4.78 is 25.8. The number of hydrogen-bond donors (Lipinski definition) is 2. The third-order valence-electron chi connectivity index (χ3n) is 6.42. The Morgan fingerprint density at radius 1 is 0.848 bits per heavy atom. The van der Waals surface area contributed by atoms with E-state index in [1.807, 2.05) is 24.5 Å². The normalized spacial score (nSPS) is 15.2. The predicted molar refractivity (Wildman–Crippen MR) is 128 cm³/mol. The van der Waals surface area contributed by atoms with E-state index < -0.39 is 10.0 Å². The highest BCUT2D eigenvalue weighted by Crippen LogP contribution is 2.43. The Morgan fingerprint density at radius 2 is 1.58 bits per heavy atom. The molecule has 4 N–H and O–H groups in total. The summed E-state index contributed by atoms with van der Waals surface area (Å²) >= 11 is 0. The molecule has 2 heterocycles. The van der Waals surface area contributed by atoms with Crippen molar-refractivity contribution in [3.8, 4) is 22.3 Å². The van der Waals surface area contributed by atoms with Gasteiger partial charge in [0, 0.05) is 34.4 Å². The third kappa shape index (κ3) is 3.31. The number of fused-ring (bicyclic) bond motifs is 2. The van der Waals surface area contributed by atoms with Gasteiger partial charge in [0.15, 0.2) is 5.65 Å². The number of primary sulfonamides is 1. The molecular formula is C25H21N5O2S. The van der Waals surface area contributed by atoms with E-state index in [1.54, 1.807) is 28.9 Å². The van der Waals surface area contributed by atoms with Crippen LogP contribution in [0.2, 0.25) is 0 Å². The van der Waals surface area contributed by atoms with Gasteiger partial charge in [-0.3, -0.25) is 0 Å². The van der Waals surface area contributed by atoms with Gasteiger partial charge < -0.3 is 5.73 Å². The Hall–Kier alpha value is -3.59. The standard InChI is InChI=1S/C25H21N5O2S/c26-25(11-12-25)18-7-5-16(6-8-18)17-13-28-24-22(14-29-30(24)15-17)20-9-10-23(33(27,31)32)21-4-2-1-3-19(20)21/h1-10,13-15H,11-12,26H2,(H2,27,31,32). The topological polar surface area (TPSA) is 116 Å². The van der Waals surface area contributed by atoms with E-state index in [0.29, 0.717) is 11.0 Å². The first-order valence-electron chi connectivity index (χ1n) is 10.6. The Balaban J connectivity index is 1.44. The first-order chi connectivity index (χ1) is 15.8. The van der Waals surface area contributed by atoms with Crippen LogP contribution >= 0.6 is 0 Å². The maximum absolute atomic E-state index is 12.1. The number of nitrogens with two attached hydrogens (primary N) is 2. The average Bonchev–Trinajstić information content (AvgIpc) is 3.43. The first-order valence-corrected chi connectivity index (χ1v) is 12.2. The zero-order valence-electron chi connectivity index (χ0n) is 17.6. The first kappa shape index (κ1) is 20.0. The molecule has 0 bridgehead atoms. The average molecular weight is 456 g/mol. The molecule has 0 saturated heterocycles. The summed E-state index contributed by atoms with van der Waals surface area (Å²) in [6.45, 7) is 0. The fourth-order valence-electron chi connectivity index (χ4n) is 4.39. The van der Waals surface area contributed by atoms with E-state index in [9.17, 15) is 8.42 Å². The monoisotopic (exact) mass is 455 g/mol. The van der Waals surface area contributed by atoms with Gasteiger partial charge in [-0.25, -0.2) is 23.1 Å². The molecule has 0 aliphatic heterocycles. The van der Waals surface area contributed by atoms with Crippen molar-refractivity contribution < 1.29 is 8.42 Å². The summed E-state index contributed by atoms with van der Waals surface area (Å²) in [4.78, 5) is 4.79. The van der Waals surface area contributed by atoms with E-state index in [0.717, 1.165) is 46.0 Å². The molecule has 164 valence electrons. The highest BCUT2D eigenvalue weighted by atomic mass is 32.2. The number of nitrogens with zero attached hydrogens (tertiary/aromatic N) is 3. The van der Waals surface area contributed by atoms with Crippen molar-refractivity contribution in [3.05, 3.63) is 84.8 Å². The summed E-state index contributed by atoms with van der Waals surface area (Å²) in [5.74, 6) is 0. The van der Waals surface area contributed by atoms with Crippen LogP contribution in [0.5, 0.6) is 0 Å². The SMILES string of the molecule is NC1(c2ccc(-c3cnc4c(-c5ccc(S(N)(=O)=O)c6ccccc56)cnn4c3)cc2)CC1. The zero-order valence-corrected chi connectivity index (χ0v) is 18.5. The van der Waals surface area contributed by atoms with E-state index in [1.165, 1.54) is 6.07 Å². The number of benzene rings is 3. The van der Waals surface area contributed by atoms with Crippen molar-refractivity contribution in [2.45, 2.75) is 23.3 Å². The van der Waals surface area contributed by atoms with Gasteiger partial charge in [-0.1, -0.05) is 54.6 Å². The second kappa shape index (κ2) is 6.95. The van der Waals surface area contributed by atoms with Crippen LogP contribution in [0.15, 0.2) is 84.1 Å². The van der Waals surface area contributed by atoms with Gasteiger partial charge in [-0.15, -0.1) is 0 Å². The summed E-state index contributed by atoms with van der Waals surface area (Å²) in [5.41, 5.74) is 11.6. The summed E-state index contributed by atoms with van der Waals surface area (Å²) in [6.07, 6.45) is 7.58. The molecule has 1 aliphatic rings. The predicted octanol–water partition coefficient (Wildman–Crippen LogP) is 3.81. The molecule has 33 heavy (non-hydrogen) atoms. The highest BCUT2D eigenvalue weighted by molar-refractivity contribution is 7.89. The van der Waals surface area contributed by atoms with Crippen LogP contribution in [0.25, 0.3) is 38.7 Å². The van der Waals surface area contributed by atoms with Gasteiger partial charge in [0.05, 0.1) is 11.1 Å². The lowest BCUT2D eigenvalue weighted by Crippen LogP contribution is -2.18. The lowest BCUT2D eigenvalue weighted by Gasteiger charge is -2.10. The molecule has 0 amide bonds. The van der Waals surface area contributed by atoms with Crippen molar-refractivity contribution in [2.75, 3.05) is 0 Å². The lowest BCUT2D eigenvalue weighted by atomic mass is 10.00. The van der Waals surface area contributed by atoms with Crippen LogP contribution in [-0.2, 0) is 15.6 Å². The molecule has 0 radical (unpaired) electrons.